The van der Waals surface area contributed by atoms with Crippen LogP contribution < -0.4 is 5.32 Å². The lowest BCUT2D eigenvalue weighted by atomic mass is 9.95. The van der Waals surface area contributed by atoms with Gasteiger partial charge in [0.25, 0.3) is 0 Å². The molecule has 54 valence electrons. The summed E-state index contributed by atoms with van der Waals surface area (Å²) in [6.45, 7) is 8.09. The van der Waals surface area contributed by atoms with Crippen LogP contribution in [0.15, 0.2) is 12.7 Å². The SMILES string of the molecule is C=CCC(C)(CC)NC. The molecule has 1 atom stereocenters. The second-order valence-electron chi connectivity index (χ2n) is 2.66. The average molecular weight is 127 g/mol. The molecule has 0 fully saturated rings. The molecule has 0 aromatic rings. The molecule has 0 spiro atoms. The smallest absolute Gasteiger partial charge is 0.0182 e. The van der Waals surface area contributed by atoms with E-state index in [0.29, 0.717) is 0 Å². The second kappa shape index (κ2) is 3.67. The summed E-state index contributed by atoms with van der Waals surface area (Å²) in [6, 6.07) is 0. The Kier molecular flexibility index (Phi) is 3.55. The van der Waals surface area contributed by atoms with Gasteiger partial charge in [0.15, 0.2) is 0 Å². The van der Waals surface area contributed by atoms with Gasteiger partial charge in [-0.1, -0.05) is 13.0 Å². The van der Waals surface area contributed by atoms with Crippen LogP contribution in [0.2, 0.25) is 0 Å². The fraction of sp³-hybridized carbons (Fsp3) is 0.750. The van der Waals surface area contributed by atoms with Crippen LogP contribution in [-0.4, -0.2) is 12.6 Å². The van der Waals surface area contributed by atoms with E-state index in [2.05, 4.69) is 25.7 Å². The van der Waals surface area contributed by atoms with E-state index >= 15 is 0 Å². The summed E-state index contributed by atoms with van der Waals surface area (Å²) < 4.78 is 0. The van der Waals surface area contributed by atoms with Crippen LogP contribution in [0, 0.1) is 0 Å². The van der Waals surface area contributed by atoms with Crippen molar-refractivity contribution >= 4 is 0 Å². The van der Waals surface area contributed by atoms with Crippen LogP contribution in [0.3, 0.4) is 0 Å². The van der Waals surface area contributed by atoms with Crippen molar-refractivity contribution in [2.45, 2.75) is 32.2 Å². The molecular formula is C8H17N. The van der Waals surface area contributed by atoms with Crippen molar-refractivity contribution in [2.24, 2.45) is 0 Å². The number of rotatable bonds is 4. The fourth-order valence-electron chi connectivity index (χ4n) is 0.742. The summed E-state index contributed by atoms with van der Waals surface area (Å²) in [5.41, 5.74) is 0.266. The minimum Gasteiger partial charge on any atom is -0.314 e. The van der Waals surface area contributed by atoms with Gasteiger partial charge in [0.1, 0.15) is 0 Å². The predicted molar refractivity (Wildman–Crippen MR) is 42.6 cm³/mol. The zero-order chi connectivity index (χ0) is 7.33. The lowest BCUT2D eigenvalue weighted by Crippen LogP contribution is -2.38. The van der Waals surface area contributed by atoms with E-state index in [1.807, 2.05) is 13.1 Å². The zero-order valence-electron chi connectivity index (χ0n) is 6.70. The van der Waals surface area contributed by atoms with Crippen LogP contribution in [0.1, 0.15) is 26.7 Å². The van der Waals surface area contributed by atoms with Gasteiger partial charge in [-0.25, -0.2) is 0 Å². The number of hydrogen-bond donors (Lipinski definition) is 1. The molecular weight excluding hydrogens is 110 g/mol. The fourth-order valence-corrected chi connectivity index (χ4v) is 0.742. The van der Waals surface area contributed by atoms with E-state index in [4.69, 9.17) is 0 Å². The molecule has 0 bridgehead atoms. The third-order valence-electron chi connectivity index (χ3n) is 1.98. The van der Waals surface area contributed by atoms with Gasteiger partial charge in [0, 0.05) is 5.54 Å². The highest BCUT2D eigenvalue weighted by Gasteiger charge is 2.15. The summed E-state index contributed by atoms with van der Waals surface area (Å²) in [6.07, 6.45) is 4.15. The number of hydrogen-bond acceptors (Lipinski definition) is 1. The maximum absolute atomic E-state index is 3.70. The highest BCUT2D eigenvalue weighted by molar-refractivity contribution is 4.87. The predicted octanol–water partition coefficient (Wildman–Crippen LogP) is 1.95. The Bertz CT molecular complexity index is 82.6. The van der Waals surface area contributed by atoms with E-state index in [-0.39, 0.29) is 5.54 Å². The highest BCUT2D eigenvalue weighted by atomic mass is 14.9. The molecule has 0 rings (SSSR count). The Hall–Kier alpha value is -0.300. The van der Waals surface area contributed by atoms with Crippen LogP contribution >= 0.6 is 0 Å². The van der Waals surface area contributed by atoms with Crippen molar-refractivity contribution in [3.8, 4) is 0 Å². The molecule has 1 N–H and O–H groups in total. The maximum Gasteiger partial charge on any atom is 0.0182 e. The lowest BCUT2D eigenvalue weighted by Gasteiger charge is -2.25. The molecule has 0 aromatic carbocycles. The first-order valence-electron chi connectivity index (χ1n) is 3.48. The van der Waals surface area contributed by atoms with Gasteiger partial charge >= 0.3 is 0 Å². The molecule has 0 amide bonds. The van der Waals surface area contributed by atoms with Crippen LogP contribution in [0.5, 0.6) is 0 Å². The van der Waals surface area contributed by atoms with Gasteiger partial charge < -0.3 is 5.32 Å². The molecule has 9 heavy (non-hydrogen) atoms. The molecule has 0 saturated carbocycles. The molecule has 1 nitrogen and oxygen atoms in total. The largest absolute Gasteiger partial charge is 0.314 e. The van der Waals surface area contributed by atoms with Gasteiger partial charge in [-0.15, -0.1) is 6.58 Å². The monoisotopic (exact) mass is 127 g/mol. The highest BCUT2D eigenvalue weighted by Crippen LogP contribution is 2.12. The summed E-state index contributed by atoms with van der Waals surface area (Å²) in [5, 5.41) is 3.26. The first-order valence-corrected chi connectivity index (χ1v) is 3.48. The normalized spacial score (nSPS) is 16.8. The average Bonchev–Trinajstić information content (AvgIpc) is 1.89. The Morgan fingerprint density at radius 3 is 2.33 bits per heavy atom. The first-order chi connectivity index (χ1) is 4.18. The Labute approximate surface area is 58.2 Å². The Morgan fingerprint density at radius 1 is 1.67 bits per heavy atom. The van der Waals surface area contributed by atoms with Crippen molar-refractivity contribution in [3.05, 3.63) is 12.7 Å². The third-order valence-corrected chi connectivity index (χ3v) is 1.98. The molecule has 0 aliphatic heterocycles. The Morgan fingerprint density at radius 2 is 2.22 bits per heavy atom. The quantitative estimate of drug-likeness (QED) is 0.569. The van der Waals surface area contributed by atoms with Crippen molar-refractivity contribution in [2.75, 3.05) is 7.05 Å². The molecule has 1 heteroatoms. The summed E-state index contributed by atoms with van der Waals surface area (Å²) in [5.74, 6) is 0. The van der Waals surface area contributed by atoms with E-state index in [1.54, 1.807) is 0 Å². The zero-order valence-corrected chi connectivity index (χ0v) is 6.70. The van der Waals surface area contributed by atoms with Crippen molar-refractivity contribution in [1.29, 1.82) is 0 Å². The van der Waals surface area contributed by atoms with Gasteiger partial charge in [-0.05, 0) is 26.8 Å². The second-order valence-corrected chi connectivity index (χ2v) is 2.66. The van der Waals surface area contributed by atoms with Crippen LogP contribution in [-0.2, 0) is 0 Å². The lowest BCUT2D eigenvalue weighted by molar-refractivity contribution is 0.376. The molecule has 0 heterocycles. The Balaban J connectivity index is 3.75. The van der Waals surface area contributed by atoms with E-state index in [1.165, 1.54) is 0 Å². The van der Waals surface area contributed by atoms with Gasteiger partial charge in [0.2, 0.25) is 0 Å². The maximum atomic E-state index is 3.70. The van der Waals surface area contributed by atoms with Crippen molar-refractivity contribution in [3.63, 3.8) is 0 Å². The van der Waals surface area contributed by atoms with Gasteiger partial charge in [0.05, 0.1) is 0 Å². The summed E-state index contributed by atoms with van der Waals surface area (Å²) in [7, 11) is 1.99. The van der Waals surface area contributed by atoms with Crippen molar-refractivity contribution in [1.82, 2.24) is 5.32 Å². The minimum absolute atomic E-state index is 0.266. The molecule has 0 saturated heterocycles. The molecule has 0 aliphatic carbocycles. The van der Waals surface area contributed by atoms with E-state index in [0.717, 1.165) is 12.8 Å². The minimum atomic E-state index is 0.266. The first kappa shape index (κ1) is 8.70. The molecule has 0 radical (unpaired) electrons. The van der Waals surface area contributed by atoms with Crippen LogP contribution in [0.4, 0.5) is 0 Å². The van der Waals surface area contributed by atoms with E-state index in [9.17, 15) is 0 Å². The van der Waals surface area contributed by atoms with Crippen LogP contribution in [0.25, 0.3) is 0 Å². The molecule has 1 unspecified atom stereocenters. The van der Waals surface area contributed by atoms with Crippen molar-refractivity contribution < 1.29 is 0 Å². The third kappa shape index (κ3) is 2.66. The standard InChI is InChI=1S/C8H17N/c1-5-7-8(3,6-2)9-4/h5,9H,1,6-7H2,2-4H3. The number of nitrogens with one attached hydrogen (secondary N) is 1. The van der Waals surface area contributed by atoms with Gasteiger partial charge in [-0.3, -0.25) is 0 Å². The summed E-state index contributed by atoms with van der Waals surface area (Å²) in [4.78, 5) is 0. The molecule has 0 aromatic heterocycles. The summed E-state index contributed by atoms with van der Waals surface area (Å²) >= 11 is 0. The topological polar surface area (TPSA) is 12.0 Å². The van der Waals surface area contributed by atoms with Gasteiger partial charge in [-0.2, -0.15) is 0 Å². The van der Waals surface area contributed by atoms with E-state index < -0.39 is 0 Å². The molecule has 0 aliphatic rings.